The molecule has 0 aromatic carbocycles. The van der Waals surface area contributed by atoms with Crippen molar-refractivity contribution in [2.45, 2.75) is 66.2 Å². The second-order valence-corrected chi connectivity index (χ2v) is 3.12. The molecule has 2 nitrogen and oxygen atoms in total. The summed E-state index contributed by atoms with van der Waals surface area (Å²) < 4.78 is 0. The number of unbranched alkanes of at least 4 members (excludes halogenated alkanes) is 4. The first-order valence-corrected chi connectivity index (χ1v) is 6.08. The van der Waals surface area contributed by atoms with E-state index in [1.807, 2.05) is 20.8 Å². The predicted octanol–water partition coefficient (Wildman–Crippen LogP) is 3.51. The Morgan fingerprint density at radius 2 is 1.57 bits per heavy atom. The molecule has 0 heterocycles. The zero-order valence-electron chi connectivity index (χ0n) is 10.4. The van der Waals surface area contributed by atoms with Gasteiger partial charge in [0.25, 0.3) is 0 Å². The van der Waals surface area contributed by atoms with E-state index < -0.39 is 0 Å². The van der Waals surface area contributed by atoms with Crippen molar-refractivity contribution >= 4 is 5.91 Å². The van der Waals surface area contributed by atoms with Crippen LogP contribution in [0.5, 0.6) is 0 Å². The van der Waals surface area contributed by atoms with Gasteiger partial charge in [0.15, 0.2) is 0 Å². The standard InChI is InChI=1S/C10H21NO.C2H6/c1-3-5-6-7-8-9-10(12)11-4-2;1-2/h3-9H2,1-2H3,(H,11,12);1-2H3. The third kappa shape index (κ3) is 14.0. The molecule has 0 saturated heterocycles. The number of hydrogen-bond donors (Lipinski definition) is 1. The van der Waals surface area contributed by atoms with E-state index in [-0.39, 0.29) is 5.91 Å². The Balaban J connectivity index is 0. The fraction of sp³-hybridized carbons (Fsp3) is 0.917. The monoisotopic (exact) mass is 201 g/mol. The van der Waals surface area contributed by atoms with Crippen LogP contribution in [-0.4, -0.2) is 12.5 Å². The number of amides is 1. The molecule has 86 valence electrons. The van der Waals surface area contributed by atoms with Crippen LogP contribution >= 0.6 is 0 Å². The van der Waals surface area contributed by atoms with E-state index in [0.717, 1.165) is 13.0 Å². The molecule has 0 aliphatic rings. The van der Waals surface area contributed by atoms with Gasteiger partial charge in [-0.15, -0.1) is 0 Å². The fourth-order valence-electron chi connectivity index (χ4n) is 1.17. The molecule has 0 fully saturated rings. The summed E-state index contributed by atoms with van der Waals surface area (Å²) in [5, 5.41) is 2.80. The molecule has 0 radical (unpaired) electrons. The van der Waals surface area contributed by atoms with Crippen LogP contribution in [0.15, 0.2) is 0 Å². The summed E-state index contributed by atoms with van der Waals surface area (Å²) in [6.07, 6.45) is 6.79. The van der Waals surface area contributed by atoms with Crippen LogP contribution in [0.4, 0.5) is 0 Å². The zero-order chi connectivity index (χ0) is 11.2. The Labute approximate surface area is 89.5 Å². The van der Waals surface area contributed by atoms with Gasteiger partial charge in [-0.05, 0) is 13.3 Å². The molecule has 0 aliphatic carbocycles. The molecular weight excluding hydrogens is 174 g/mol. The Morgan fingerprint density at radius 3 is 2.07 bits per heavy atom. The van der Waals surface area contributed by atoms with Crippen molar-refractivity contribution in [3.8, 4) is 0 Å². The molecule has 0 rings (SSSR count). The molecule has 0 unspecified atom stereocenters. The number of nitrogens with one attached hydrogen (secondary N) is 1. The summed E-state index contributed by atoms with van der Waals surface area (Å²) in [5.74, 6) is 0.203. The van der Waals surface area contributed by atoms with Crippen molar-refractivity contribution in [2.24, 2.45) is 0 Å². The lowest BCUT2D eigenvalue weighted by Crippen LogP contribution is -2.21. The molecule has 0 atom stereocenters. The molecule has 0 spiro atoms. The maximum absolute atomic E-state index is 11.0. The largest absolute Gasteiger partial charge is 0.356 e. The summed E-state index contributed by atoms with van der Waals surface area (Å²) in [6.45, 7) is 8.91. The van der Waals surface area contributed by atoms with Gasteiger partial charge in [-0.1, -0.05) is 46.5 Å². The summed E-state index contributed by atoms with van der Waals surface area (Å²) >= 11 is 0. The number of hydrogen-bond acceptors (Lipinski definition) is 1. The minimum absolute atomic E-state index is 0.203. The van der Waals surface area contributed by atoms with Gasteiger partial charge in [0.05, 0.1) is 0 Å². The summed E-state index contributed by atoms with van der Waals surface area (Å²) in [6, 6.07) is 0. The lowest BCUT2D eigenvalue weighted by Gasteiger charge is -2.01. The third-order valence-corrected chi connectivity index (χ3v) is 1.88. The quantitative estimate of drug-likeness (QED) is 0.627. The highest BCUT2D eigenvalue weighted by Crippen LogP contribution is 2.04. The van der Waals surface area contributed by atoms with Crippen LogP contribution < -0.4 is 5.32 Å². The normalized spacial score (nSPS) is 8.86. The molecular formula is C12H27NO. The summed E-state index contributed by atoms with van der Waals surface area (Å²) in [5.41, 5.74) is 0. The minimum Gasteiger partial charge on any atom is -0.356 e. The number of carbonyl (C=O) groups excluding carboxylic acids is 1. The topological polar surface area (TPSA) is 29.1 Å². The smallest absolute Gasteiger partial charge is 0.219 e. The van der Waals surface area contributed by atoms with Crippen molar-refractivity contribution < 1.29 is 4.79 Å². The highest BCUT2D eigenvalue weighted by Gasteiger charge is 1.97. The molecule has 0 aliphatic heterocycles. The number of rotatable bonds is 7. The second-order valence-electron chi connectivity index (χ2n) is 3.12. The van der Waals surface area contributed by atoms with Crippen LogP contribution in [0.25, 0.3) is 0 Å². The number of carbonyl (C=O) groups is 1. The Bertz CT molecular complexity index is 113. The van der Waals surface area contributed by atoms with Crippen LogP contribution in [0.2, 0.25) is 0 Å². The average molecular weight is 201 g/mol. The van der Waals surface area contributed by atoms with Gasteiger partial charge < -0.3 is 5.32 Å². The van der Waals surface area contributed by atoms with Crippen LogP contribution in [0, 0.1) is 0 Å². The third-order valence-electron chi connectivity index (χ3n) is 1.88. The first-order valence-electron chi connectivity index (χ1n) is 6.08. The average Bonchev–Trinajstić information content (AvgIpc) is 2.21. The first kappa shape index (κ1) is 15.9. The SMILES string of the molecule is CC.CCCCCCCC(=O)NCC. The lowest BCUT2D eigenvalue weighted by atomic mass is 10.1. The Morgan fingerprint density at radius 1 is 1.00 bits per heavy atom. The Hall–Kier alpha value is -0.530. The van der Waals surface area contributed by atoms with Crippen LogP contribution in [-0.2, 0) is 4.79 Å². The molecule has 0 aromatic heterocycles. The summed E-state index contributed by atoms with van der Waals surface area (Å²) in [4.78, 5) is 11.0. The lowest BCUT2D eigenvalue weighted by molar-refractivity contribution is -0.121. The van der Waals surface area contributed by atoms with Crippen LogP contribution in [0.1, 0.15) is 66.2 Å². The second kappa shape index (κ2) is 15.0. The molecule has 1 N–H and O–H groups in total. The molecule has 0 aromatic rings. The zero-order valence-corrected chi connectivity index (χ0v) is 10.4. The highest BCUT2D eigenvalue weighted by molar-refractivity contribution is 5.75. The van der Waals surface area contributed by atoms with Gasteiger partial charge in [-0.2, -0.15) is 0 Å². The maximum atomic E-state index is 11.0. The van der Waals surface area contributed by atoms with Gasteiger partial charge in [-0.3, -0.25) is 4.79 Å². The van der Waals surface area contributed by atoms with Crippen molar-refractivity contribution in [2.75, 3.05) is 6.54 Å². The van der Waals surface area contributed by atoms with Gasteiger partial charge in [-0.25, -0.2) is 0 Å². The fourth-order valence-corrected chi connectivity index (χ4v) is 1.17. The van der Waals surface area contributed by atoms with Gasteiger partial charge in [0, 0.05) is 13.0 Å². The molecule has 1 amide bonds. The van der Waals surface area contributed by atoms with Crippen molar-refractivity contribution in [3.63, 3.8) is 0 Å². The van der Waals surface area contributed by atoms with Crippen molar-refractivity contribution in [3.05, 3.63) is 0 Å². The molecule has 2 heteroatoms. The van der Waals surface area contributed by atoms with Crippen LogP contribution in [0.3, 0.4) is 0 Å². The van der Waals surface area contributed by atoms with Gasteiger partial charge >= 0.3 is 0 Å². The van der Waals surface area contributed by atoms with Gasteiger partial charge in [0.2, 0.25) is 5.91 Å². The van der Waals surface area contributed by atoms with E-state index in [0.29, 0.717) is 6.42 Å². The van der Waals surface area contributed by atoms with Crippen molar-refractivity contribution in [1.29, 1.82) is 0 Å². The maximum Gasteiger partial charge on any atom is 0.219 e. The Kier molecular flexibility index (Phi) is 17.0. The molecule has 0 saturated carbocycles. The summed E-state index contributed by atoms with van der Waals surface area (Å²) in [7, 11) is 0. The van der Waals surface area contributed by atoms with E-state index in [1.165, 1.54) is 25.7 Å². The molecule has 0 bridgehead atoms. The highest BCUT2D eigenvalue weighted by atomic mass is 16.1. The van der Waals surface area contributed by atoms with E-state index in [4.69, 9.17) is 0 Å². The minimum atomic E-state index is 0.203. The van der Waals surface area contributed by atoms with Crippen molar-refractivity contribution in [1.82, 2.24) is 5.32 Å². The van der Waals surface area contributed by atoms with Gasteiger partial charge in [0.1, 0.15) is 0 Å². The molecule has 14 heavy (non-hydrogen) atoms. The van der Waals surface area contributed by atoms with E-state index in [2.05, 4.69) is 12.2 Å². The van der Waals surface area contributed by atoms with E-state index in [9.17, 15) is 4.79 Å². The van der Waals surface area contributed by atoms with E-state index in [1.54, 1.807) is 0 Å². The van der Waals surface area contributed by atoms with E-state index >= 15 is 0 Å². The first-order chi connectivity index (χ1) is 6.81. The predicted molar refractivity (Wildman–Crippen MR) is 63.4 cm³/mol.